The highest BCUT2D eigenvalue weighted by molar-refractivity contribution is 6.22. The summed E-state index contributed by atoms with van der Waals surface area (Å²) in [5.41, 5.74) is 11.2. The summed E-state index contributed by atoms with van der Waals surface area (Å²) in [7, 11) is 0. The fourth-order valence-corrected chi connectivity index (χ4v) is 8.63. The predicted octanol–water partition coefficient (Wildman–Crippen LogP) is 13.7. The molecule has 0 fully saturated rings. The molecule has 0 atom stereocenters. The molecule has 0 radical (unpaired) electrons. The molecule has 1 aliphatic rings. The highest BCUT2D eigenvalue weighted by atomic mass is 15.2. The molecule has 0 aromatic heterocycles. The van der Waals surface area contributed by atoms with E-state index < -0.39 is 0 Å². The molecular weight excluding hydrogens is 603 g/mol. The maximum Gasteiger partial charge on any atom is 0.0503 e. The zero-order valence-corrected chi connectivity index (χ0v) is 28.2. The minimum Gasteiger partial charge on any atom is -0.310 e. The normalized spacial score (nSPS) is 13.5. The lowest BCUT2D eigenvalue weighted by molar-refractivity contribution is 0.632. The van der Waals surface area contributed by atoms with Gasteiger partial charge in [-0.2, -0.15) is 0 Å². The van der Waals surface area contributed by atoms with Crippen LogP contribution in [0.25, 0.3) is 65.3 Å². The maximum absolute atomic E-state index is 2.47. The van der Waals surface area contributed by atoms with Crippen molar-refractivity contribution in [3.05, 3.63) is 187 Å². The molecule has 0 saturated heterocycles. The van der Waals surface area contributed by atoms with Crippen LogP contribution in [0.1, 0.15) is 25.0 Å². The second-order valence-corrected chi connectivity index (χ2v) is 14.1. The van der Waals surface area contributed by atoms with Gasteiger partial charge in [0.2, 0.25) is 0 Å². The minimum absolute atomic E-state index is 0.186. The Bertz CT molecular complexity index is 2730. The first kappa shape index (κ1) is 28.8. The Labute approximate surface area is 292 Å². The highest BCUT2D eigenvalue weighted by Crippen LogP contribution is 2.53. The standard InChI is InChI=1S/C49H35N/c1-49(2)43-22-12-13-23-45(43)50(36-15-4-3-5-16-36)46-29-27-35(31-44(46)49)48-41-20-10-8-18-39(41)47(40-19-9-11-21-42(40)48)34-26-28-38-33(30-34)25-24-32-14-6-7-17-37(32)38/h3-31H,1-2H3. The Hall–Kier alpha value is -6.18. The molecule has 0 saturated carbocycles. The van der Waals surface area contributed by atoms with Crippen LogP contribution >= 0.6 is 0 Å². The van der Waals surface area contributed by atoms with Gasteiger partial charge in [-0.3, -0.25) is 0 Å². The van der Waals surface area contributed by atoms with E-state index in [9.17, 15) is 0 Å². The zero-order chi connectivity index (χ0) is 33.4. The van der Waals surface area contributed by atoms with Gasteiger partial charge >= 0.3 is 0 Å². The molecule has 50 heavy (non-hydrogen) atoms. The second-order valence-electron chi connectivity index (χ2n) is 14.1. The SMILES string of the molecule is CC1(C)c2ccccc2N(c2ccccc2)c2ccc(-c3c4ccccc4c(-c4ccc5c(ccc6ccccc65)c4)c4ccccc34)cc21. The van der Waals surface area contributed by atoms with Gasteiger partial charge in [0.15, 0.2) is 0 Å². The Balaban J connectivity index is 1.22. The van der Waals surface area contributed by atoms with Gasteiger partial charge in [-0.05, 0) is 113 Å². The largest absolute Gasteiger partial charge is 0.310 e. The van der Waals surface area contributed by atoms with E-state index in [-0.39, 0.29) is 5.41 Å². The summed E-state index contributed by atoms with van der Waals surface area (Å²) >= 11 is 0. The molecule has 0 spiro atoms. The molecular formula is C49H35N. The zero-order valence-electron chi connectivity index (χ0n) is 28.2. The van der Waals surface area contributed by atoms with Gasteiger partial charge < -0.3 is 4.90 Å². The molecule has 0 unspecified atom stereocenters. The van der Waals surface area contributed by atoms with E-state index in [1.165, 1.54) is 93.5 Å². The van der Waals surface area contributed by atoms with Crippen LogP contribution in [0, 0.1) is 0 Å². The molecule has 1 aliphatic heterocycles. The number of para-hydroxylation sites is 2. The Kier molecular flexibility index (Phi) is 6.29. The van der Waals surface area contributed by atoms with Crippen LogP contribution in [-0.2, 0) is 5.41 Å². The van der Waals surface area contributed by atoms with Crippen LogP contribution in [0.4, 0.5) is 17.1 Å². The van der Waals surface area contributed by atoms with Crippen LogP contribution in [-0.4, -0.2) is 0 Å². The first-order chi connectivity index (χ1) is 24.6. The van der Waals surface area contributed by atoms with E-state index in [1.54, 1.807) is 0 Å². The van der Waals surface area contributed by atoms with E-state index >= 15 is 0 Å². The third kappa shape index (κ3) is 4.20. The molecule has 0 amide bonds. The summed E-state index contributed by atoms with van der Waals surface area (Å²) in [6.45, 7) is 4.75. The second kappa shape index (κ2) is 10.9. The summed E-state index contributed by atoms with van der Waals surface area (Å²) in [6, 6.07) is 65.0. The molecule has 0 N–H and O–H groups in total. The van der Waals surface area contributed by atoms with Crippen molar-refractivity contribution in [1.29, 1.82) is 0 Å². The molecule has 9 aromatic rings. The lowest BCUT2D eigenvalue weighted by atomic mass is 9.72. The lowest BCUT2D eigenvalue weighted by Crippen LogP contribution is -2.30. The van der Waals surface area contributed by atoms with E-state index in [0.717, 1.165) is 0 Å². The topological polar surface area (TPSA) is 3.24 Å². The number of nitrogens with zero attached hydrogens (tertiary/aromatic N) is 1. The number of fused-ring (bicyclic) bond motifs is 7. The maximum atomic E-state index is 2.47. The molecule has 1 heterocycles. The van der Waals surface area contributed by atoms with Gasteiger partial charge in [-0.25, -0.2) is 0 Å². The Morgan fingerprint density at radius 3 is 1.56 bits per heavy atom. The molecule has 1 nitrogen and oxygen atoms in total. The monoisotopic (exact) mass is 637 g/mol. The van der Waals surface area contributed by atoms with E-state index in [2.05, 4.69) is 195 Å². The molecule has 0 aliphatic carbocycles. The van der Waals surface area contributed by atoms with E-state index in [4.69, 9.17) is 0 Å². The van der Waals surface area contributed by atoms with Crippen molar-refractivity contribution in [2.24, 2.45) is 0 Å². The number of hydrogen-bond acceptors (Lipinski definition) is 1. The number of hydrogen-bond donors (Lipinski definition) is 0. The average Bonchev–Trinajstić information content (AvgIpc) is 3.17. The Morgan fingerprint density at radius 1 is 0.360 bits per heavy atom. The third-order valence-electron chi connectivity index (χ3n) is 11.0. The van der Waals surface area contributed by atoms with Gasteiger partial charge in [0.25, 0.3) is 0 Å². The van der Waals surface area contributed by atoms with Crippen molar-refractivity contribution >= 4 is 60.2 Å². The van der Waals surface area contributed by atoms with E-state index in [1.807, 2.05) is 0 Å². The van der Waals surface area contributed by atoms with Gasteiger partial charge in [0.05, 0.1) is 11.4 Å². The van der Waals surface area contributed by atoms with Crippen LogP contribution in [0.15, 0.2) is 176 Å². The summed E-state index contributed by atoms with van der Waals surface area (Å²) in [5, 5.41) is 10.2. The van der Waals surface area contributed by atoms with Crippen molar-refractivity contribution in [1.82, 2.24) is 0 Å². The molecule has 236 valence electrons. The van der Waals surface area contributed by atoms with Crippen molar-refractivity contribution < 1.29 is 0 Å². The number of benzene rings is 9. The number of rotatable bonds is 3. The fourth-order valence-electron chi connectivity index (χ4n) is 8.63. The summed E-state index contributed by atoms with van der Waals surface area (Å²) < 4.78 is 0. The highest BCUT2D eigenvalue weighted by Gasteiger charge is 2.37. The van der Waals surface area contributed by atoms with Gasteiger partial charge in [0, 0.05) is 11.1 Å². The quantitative estimate of drug-likeness (QED) is 0.138. The van der Waals surface area contributed by atoms with Crippen molar-refractivity contribution in [3.8, 4) is 22.3 Å². The third-order valence-corrected chi connectivity index (χ3v) is 11.0. The fraction of sp³-hybridized carbons (Fsp3) is 0.0612. The van der Waals surface area contributed by atoms with Gasteiger partial charge in [0.1, 0.15) is 0 Å². The van der Waals surface area contributed by atoms with Crippen molar-refractivity contribution in [2.75, 3.05) is 4.90 Å². The predicted molar refractivity (Wildman–Crippen MR) is 214 cm³/mol. The molecule has 10 rings (SSSR count). The van der Waals surface area contributed by atoms with E-state index in [0.29, 0.717) is 0 Å². The van der Waals surface area contributed by atoms with Crippen molar-refractivity contribution in [2.45, 2.75) is 19.3 Å². The minimum atomic E-state index is -0.186. The van der Waals surface area contributed by atoms with Crippen LogP contribution in [0.2, 0.25) is 0 Å². The first-order valence-corrected chi connectivity index (χ1v) is 17.5. The number of anilines is 3. The smallest absolute Gasteiger partial charge is 0.0503 e. The molecule has 1 heteroatoms. The summed E-state index contributed by atoms with van der Waals surface area (Å²) in [5.74, 6) is 0. The molecule has 0 bridgehead atoms. The van der Waals surface area contributed by atoms with Gasteiger partial charge in [-0.15, -0.1) is 0 Å². The first-order valence-electron chi connectivity index (χ1n) is 17.5. The lowest BCUT2D eigenvalue weighted by Gasteiger charge is -2.42. The van der Waals surface area contributed by atoms with Crippen LogP contribution < -0.4 is 4.90 Å². The summed E-state index contributed by atoms with van der Waals surface area (Å²) in [4.78, 5) is 2.43. The summed E-state index contributed by atoms with van der Waals surface area (Å²) in [6.07, 6.45) is 0. The average molecular weight is 638 g/mol. The van der Waals surface area contributed by atoms with Crippen LogP contribution in [0.5, 0.6) is 0 Å². The Morgan fingerprint density at radius 2 is 0.860 bits per heavy atom. The van der Waals surface area contributed by atoms with Crippen LogP contribution in [0.3, 0.4) is 0 Å². The van der Waals surface area contributed by atoms with Crippen molar-refractivity contribution in [3.63, 3.8) is 0 Å². The molecule has 9 aromatic carbocycles. The van der Waals surface area contributed by atoms with Gasteiger partial charge in [-0.1, -0.05) is 153 Å².